The molecule has 1 aliphatic heterocycles. The molecule has 3 rings (SSSR count). The molecule has 1 saturated heterocycles. The van der Waals surface area contributed by atoms with Crippen molar-refractivity contribution < 1.29 is 14.3 Å². The normalized spacial score (nSPS) is 20.1. The monoisotopic (exact) mass is 346 g/mol. The topological polar surface area (TPSA) is 50.8 Å². The SMILES string of the molecule is COc1ccccc1NC1CC2(CCN(C(=O)OC(C)(C)C)CC2)C1. The van der Waals surface area contributed by atoms with Crippen LogP contribution in [-0.2, 0) is 4.74 Å². The van der Waals surface area contributed by atoms with Crippen molar-refractivity contribution in [2.24, 2.45) is 5.41 Å². The molecule has 1 amide bonds. The van der Waals surface area contributed by atoms with Crippen LogP contribution < -0.4 is 10.1 Å². The Hall–Kier alpha value is -1.91. The highest BCUT2D eigenvalue weighted by Gasteiger charge is 2.46. The number of carbonyl (C=O) groups excluding carboxylic acids is 1. The third-order valence-corrected chi connectivity index (χ3v) is 5.30. The van der Waals surface area contributed by atoms with E-state index in [1.165, 1.54) is 0 Å². The van der Waals surface area contributed by atoms with E-state index in [0.717, 1.165) is 50.2 Å². The Bertz CT molecular complexity index is 608. The number of carbonyl (C=O) groups is 1. The largest absolute Gasteiger partial charge is 0.495 e. The van der Waals surface area contributed by atoms with Gasteiger partial charge in [0, 0.05) is 19.1 Å². The van der Waals surface area contributed by atoms with Crippen LogP contribution in [0.4, 0.5) is 10.5 Å². The molecule has 0 radical (unpaired) electrons. The van der Waals surface area contributed by atoms with Crippen molar-refractivity contribution in [1.29, 1.82) is 0 Å². The summed E-state index contributed by atoms with van der Waals surface area (Å²) in [5.41, 5.74) is 1.03. The first-order valence-electron chi connectivity index (χ1n) is 9.18. The maximum Gasteiger partial charge on any atom is 0.410 e. The zero-order valence-electron chi connectivity index (χ0n) is 15.8. The number of para-hydroxylation sites is 2. The van der Waals surface area contributed by atoms with Gasteiger partial charge < -0.3 is 19.7 Å². The lowest BCUT2D eigenvalue weighted by Crippen LogP contribution is -2.53. The zero-order valence-corrected chi connectivity index (χ0v) is 15.8. The van der Waals surface area contributed by atoms with Crippen molar-refractivity contribution in [3.63, 3.8) is 0 Å². The lowest BCUT2D eigenvalue weighted by atomic mass is 9.60. The van der Waals surface area contributed by atoms with Gasteiger partial charge in [0.2, 0.25) is 0 Å². The molecule has 0 aromatic heterocycles. The zero-order chi connectivity index (χ0) is 18.1. The Balaban J connectivity index is 1.48. The smallest absolute Gasteiger partial charge is 0.410 e. The molecule has 0 unspecified atom stereocenters. The van der Waals surface area contributed by atoms with Gasteiger partial charge in [-0.05, 0) is 64.0 Å². The Morgan fingerprint density at radius 1 is 1.20 bits per heavy atom. The molecule has 5 heteroatoms. The number of piperidine rings is 1. The number of nitrogens with zero attached hydrogens (tertiary/aromatic N) is 1. The summed E-state index contributed by atoms with van der Waals surface area (Å²) in [7, 11) is 1.70. The minimum absolute atomic E-state index is 0.176. The van der Waals surface area contributed by atoms with Crippen LogP contribution in [0.2, 0.25) is 0 Å². The second-order valence-electron chi connectivity index (χ2n) is 8.42. The molecule has 1 aliphatic carbocycles. The molecule has 138 valence electrons. The Morgan fingerprint density at radius 2 is 1.84 bits per heavy atom. The molecular formula is C20H30N2O3. The molecule has 25 heavy (non-hydrogen) atoms. The van der Waals surface area contributed by atoms with E-state index in [9.17, 15) is 4.79 Å². The van der Waals surface area contributed by atoms with E-state index in [1.807, 2.05) is 43.9 Å². The minimum Gasteiger partial charge on any atom is -0.495 e. The molecule has 2 aliphatic rings. The van der Waals surface area contributed by atoms with E-state index in [0.29, 0.717) is 11.5 Å². The van der Waals surface area contributed by atoms with Gasteiger partial charge in [-0.3, -0.25) is 0 Å². The number of benzene rings is 1. The second-order valence-corrected chi connectivity index (χ2v) is 8.42. The van der Waals surface area contributed by atoms with E-state index in [-0.39, 0.29) is 6.09 Å². The molecule has 0 atom stereocenters. The number of amides is 1. The van der Waals surface area contributed by atoms with Gasteiger partial charge >= 0.3 is 6.09 Å². The Morgan fingerprint density at radius 3 is 2.44 bits per heavy atom. The molecule has 5 nitrogen and oxygen atoms in total. The molecule has 0 bridgehead atoms. The average Bonchev–Trinajstić information content (AvgIpc) is 2.53. The molecule has 1 aromatic carbocycles. The number of likely N-dealkylation sites (tertiary alicyclic amines) is 1. The summed E-state index contributed by atoms with van der Waals surface area (Å²) in [6.45, 7) is 7.34. The van der Waals surface area contributed by atoms with Gasteiger partial charge in [0.05, 0.1) is 12.8 Å². The summed E-state index contributed by atoms with van der Waals surface area (Å²) in [5.74, 6) is 0.892. The highest BCUT2D eigenvalue weighted by molar-refractivity contribution is 5.68. The minimum atomic E-state index is -0.424. The van der Waals surface area contributed by atoms with Crippen molar-refractivity contribution in [3.05, 3.63) is 24.3 Å². The predicted octanol–water partition coefficient (Wildman–Crippen LogP) is 4.29. The molecule has 1 saturated carbocycles. The van der Waals surface area contributed by atoms with Gasteiger partial charge in [0.1, 0.15) is 11.4 Å². The van der Waals surface area contributed by atoms with Crippen LogP contribution in [0.1, 0.15) is 46.5 Å². The molecule has 1 spiro atoms. The fourth-order valence-corrected chi connectivity index (χ4v) is 3.97. The summed E-state index contributed by atoms with van der Waals surface area (Å²) < 4.78 is 10.9. The van der Waals surface area contributed by atoms with Crippen LogP contribution in [0.15, 0.2) is 24.3 Å². The quantitative estimate of drug-likeness (QED) is 0.887. The van der Waals surface area contributed by atoms with Gasteiger partial charge in [-0.15, -0.1) is 0 Å². The maximum absolute atomic E-state index is 12.2. The van der Waals surface area contributed by atoms with Gasteiger partial charge in [0.15, 0.2) is 0 Å². The van der Waals surface area contributed by atoms with E-state index in [1.54, 1.807) is 7.11 Å². The highest BCUT2D eigenvalue weighted by atomic mass is 16.6. The van der Waals surface area contributed by atoms with Crippen molar-refractivity contribution in [3.8, 4) is 5.75 Å². The molecule has 1 heterocycles. The summed E-state index contributed by atoms with van der Waals surface area (Å²) >= 11 is 0. The fraction of sp³-hybridized carbons (Fsp3) is 0.650. The number of nitrogens with one attached hydrogen (secondary N) is 1. The van der Waals surface area contributed by atoms with Gasteiger partial charge in [-0.25, -0.2) is 4.79 Å². The maximum atomic E-state index is 12.2. The van der Waals surface area contributed by atoms with Crippen LogP contribution in [0.3, 0.4) is 0 Å². The lowest BCUT2D eigenvalue weighted by molar-refractivity contribution is -0.00861. The number of methoxy groups -OCH3 is 1. The second kappa shape index (κ2) is 6.77. The number of rotatable bonds is 3. The molecule has 2 fully saturated rings. The first-order chi connectivity index (χ1) is 11.8. The van der Waals surface area contributed by atoms with Gasteiger partial charge in [-0.2, -0.15) is 0 Å². The van der Waals surface area contributed by atoms with Crippen molar-refractivity contribution in [1.82, 2.24) is 4.90 Å². The van der Waals surface area contributed by atoms with Gasteiger partial charge in [0.25, 0.3) is 0 Å². The van der Waals surface area contributed by atoms with Crippen LogP contribution in [-0.4, -0.2) is 42.8 Å². The van der Waals surface area contributed by atoms with Crippen LogP contribution >= 0.6 is 0 Å². The van der Waals surface area contributed by atoms with Crippen molar-refractivity contribution in [2.75, 3.05) is 25.5 Å². The van der Waals surface area contributed by atoms with Gasteiger partial charge in [-0.1, -0.05) is 12.1 Å². The van der Waals surface area contributed by atoms with E-state index >= 15 is 0 Å². The lowest BCUT2D eigenvalue weighted by Gasteiger charge is -2.52. The fourth-order valence-electron chi connectivity index (χ4n) is 3.97. The first-order valence-corrected chi connectivity index (χ1v) is 9.18. The summed E-state index contributed by atoms with van der Waals surface area (Å²) in [5, 5.41) is 3.60. The standard InChI is InChI=1S/C20H30N2O3/c1-19(2,3)25-18(23)22-11-9-20(10-12-22)13-15(14-20)21-16-7-5-6-8-17(16)24-4/h5-8,15,21H,9-14H2,1-4H3. The Labute approximate surface area is 150 Å². The number of hydrogen-bond donors (Lipinski definition) is 1. The third kappa shape index (κ3) is 4.20. The average molecular weight is 346 g/mol. The molecule has 1 N–H and O–H groups in total. The van der Waals surface area contributed by atoms with E-state index in [2.05, 4.69) is 11.4 Å². The first kappa shape index (κ1) is 17.9. The number of anilines is 1. The van der Waals surface area contributed by atoms with E-state index in [4.69, 9.17) is 9.47 Å². The van der Waals surface area contributed by atoms with Crippen LogP contribution in [0.25, 0.3) is 0 Å². The van der Waals surface area contributed by atoms with Crippen LogP contribution in [0.5, 0.6) is 5.75 Å². The summed E-state index contributed by atoms with van der Waals surface area (Å²) in [4.78, 5) is 14.0. The molecule has 1 aromatic rings. The number of hydrogen-bond acceptors (Lipinski definition) is 4. The van der Waals surface area contributed by atoms with Crippen LogP contribution in [0, 0.1) is 5.41 Å². The molecular weight excluding hydrogens is 316 g/mol. The summed E-state index contributed by atoms with van der Waals surface area (Å²) in [6.07, 6.45) is 4.28. The predicted molar refractivity (Wildman–Crippen MR) is 99.1 cm³/mol. The number of ether oxygens (including phenoxy) is 2. The Kier molecular flexibility index (Phi) is 4.85. The van der Waals surface area contributed by atoms with Crippen molar-refractivity contribution in [2.45, 2.75) is 58.1 Å². The summed E-state index contributed by atoms with van der Waals surface area (Å²) in [6, 6.07) is 8.55. The third-order valence-electron chi connectivity index (χ3n) is 5.30. The van der Waals surface area contributed by atoms with Crippen molar-refractivity contribution >= 4 is 11.8 Å². The highest BCUT2D eigenvalue weighted by Crippen LogP contribution is 2.50. The van der Waals surface area contributed by atoms with E-state index < -0.39 is 5.60 Å².